The zero-order valence-electron chi connectivity index (χ0n) is 18.7. The summed E-state index contributed by atoms with van der Waals surface area (Å²) < 4.78 is 70.5. The van der Waals surface area contributed by atoms with E-state index in [1.165, 1.54) is 0 Å². The number of sulfonamides is 1. The maximum Gasteiger partial charge on any atom is 0.416 e. The molecule has 0 atom stereocenters. The predicted octanol–water partition coefficient (Wildman–Crippen LogP) is 3.90. The van der Waals surface area contributed by atoms with Gasteiger partial charge >= 0.3 is 12.1 Å². The van der Waals surface area contributed by atoms with Gasteiger partial charge in [-0.25, -0.2) is 8.42 Å². The summed E-state index contributed by atoms with van der Waals surface area (Å²) in [5, 5.41) is 2.64. The van der Waals surface area contributed by atoms with Crippen molar-refractivity contribution < 1.29 is 35.9 Å². The van der Waals surface area contributed by atoms with Gasteiger partial charge in [-0.1, -0.05) is 12.1 Å². The standard InChI is InChI=1S/C23H25F3N2O5S/c1-15-6-7-19(12-16(15)2)27-21(29)14-33-22(30)17-8-10-28(11-9-17)34(31,32)20-5-3-4-18(13-20)23(24,25)26/h3-7,12-13,17H,8-11,14H2,1-2H3,(H,27,29). The second kappa shape index (κ2) is 10.1. The fraction of sp³-hybridized carbons (Fsp3) is 0.391. The fourth-order valence-electron chi connectivity index (χ4n) is 3.58. The Kier molecular flexibility index (Phi) is 7.67. The molecule has 0 radical (unpaired) electrons. The highest BCUT2D eigenvalue weighted by atomic mass is 32.2. The molecule has 0 aliphatic carbocycles. The summed E-state index contributed by atoms with van der Waals surface area (Å²) in [5.41, 5.74) is 1.61. The van der Waals surface area contributed by atoms with Crippen molar-refractivity contribution in [2.45, 2.75) is 37.8 Å². The van der Waals surface area contributed by atoms with Crippen molar-refractivity contribution in [3.8, 4) is 0 Å². The Bertz CT molecular complexity index is 1170. The monoisotopic (exact) mass is 498 g/mol. The van der Waals surface area contributed by atoms with Gasteiger partial charge in [-0.3, -0.25) is 9.59 Å². The third-order valence-electron chi connectivity index (χ3n) is 5.72. The van der Waals surface area contributed by atoms with Crippen LogP contribution in [0.1, 0.15) is 29.5 Å². The topological polar surface area (TPSA) is 92.8 Å². The molecule has 34 heavy (non-hydrogen) atoms. The minimum absolute atomic E-state index is 0.0484. The molecule has 0 aromatic heterocycles. The third-order valence-corrected chi connectivity index (χ3v) is 7.62. The highest BCUT2D eigenvalue weighted by molar-refractivity contribution is 7.89. The zero-order chi connectivity index (χ0) is 25.1. The van der Waals surface area contributed by atoms with Crippen LogP contribution >= 0.6 is 0 Å². The first kappa shape index (κ1) is 25.7. The van der Waals surface area contributed by atoms with Crippen LogP contribution in [-0.4, -0.2) is 44.3 Å². The van der Waals surface area contributed by atoms with Gasteiger partial charge in [0.25, 0.3) is 5.91 Å². The van der Waals surface area contributed by atoms with E-state index in [9.17, 15) is 31.2 Å². The average molecular weight is 499 g/mol. The lowest BCUT2D eigenvalue weighted by Gasteiger charge is -2.30. The molecule has 0 bridgehead atoms. The van der Waals surface area contributed by atoms with E-state index >= 15 is 0 Å². The first-order chi connectivity index (χ1) is 15.9. The number of halogens is 3. The van der Waals surface area contributed by atoms with Gasteiger partial charge in [0.1, 0.15) is 0 Å². The molecule has 1 aliphatic heterocycles. The number of hydrogen-bond donors (Lipinski definition) is 1. The third kappa shape index (κ3) is 6.15. The second-order valence-electron chi connectivity index (χ2n) is 8.16. The van der Waals surface area contributed by atoms with Gasteiger partial charge in [0.15, 0.2) is 6.61 Å². The SMILES string of the molecule is Cc1ccc(NC(=O)COC(=O)C2CCN(S(=O)(=O)c3cccc(C(F)(F)F)c3)CC2)cc1C. The molecule has 0 saturated carbocycles. The van der Waals surface area contributed by atoms with Crippen LogP contribution in [0.15, 0.2) is 47.4 Å². The smallest absolute Gasteiger partial charge is 0.416 e. The minimum Gasteiger partial charge on any atom is -0.455 e. The summed E-state index contributed by atoms with van der Waals surface area (Å²) in [5.74, 6) is -1.73. The van der Waals surface area contributed by atoms with E-state index in [1.54, 1.807) is 12.1 Å². The Labute approximate surface area is 196 Å². The fourth-order valence-corrected chi connectivity index (χ4v) is 5.10. The van der Waals surface area contributed by atoms with E-state index in [2.05, 4.69) is 5.32 Å². The second-order valence-corrected chi connectivity index (χ2v) is 10.1. The molecule has 0 spiro atoms. The molecule has 3 rings (SSSR count). The first-order valence-corrected chi connectivity index (χ1v) is 12.0. The Morgan fingerprint density at radius 3 is 2.35 bits per heavy atom. The van der Waals surface area contributed by atoms with Gasteiger partial charge in [0.05, 0.1) is 16.4 Å². The van der Waals surface area contributed by atoms with Crippen LogP contribution in [0.4, 0.5) is 18.9 Å². The molecule has 1 amide bonds. The van der Waals surface area contributed by atoms with E-state index < -0.39 is 51.1 Å². The van der Waals surface area contributed by atoms with E-state index in [0.29, 0.717) is 11.8 Å². The van der Waals surface area contributed by atoms with E-state index in [0.717, 1.165) is 33.6 Å². The number of aryl methyl sites for hydroxylation is 2. The molecule has 2 aromatic carbocycles. The molecular weight excluding hydrogens is 473 g/mol. The van der Waals surface area contributed by atoms with Crippen LogP contribution in [0.25, 0.3) is 0 Å². The minimum atomic E-state index is -4.66. The number of piperidine rings is 1. The Hall–Kier alpha value is -2.92. The summed E-state index contributed by atoms with van der Waals surface area (Å²) in [6.07, 6.45) is -4.39. The zero-order valence-corrected chi connectivity index (χ0v) is 19.5. The molecule has 1 saturated heterocycles. The quantitative estimate of drug-likeness (QED) is 0.610. The molecule has 184 valence electrons. The Morgan fingerprint density at radius 2 is 1.74 bits per heavy atom. The molecule has 0 unspecified atom stereocenters. The van der Waals surface area contributed by atoms with E-state index in [-0.39, 0.29) is 25.9 Å². The molecule has 1 N–H and O–H groups in total. The molecule has 7 nitrogen and oxygen atoms in total. The molecule has 2 aromatic rings. The van der Waals surface area contributed by atoms with Crippen molar-refractivity contribution in [3.05, 3.63) is 59.2 Å². The number of nitrogens with one attached hydrogen (secondary N) is 1. The number of nitrogens with zero attached hydrogens (tertiary/aromatic N) is 1. The van der Waals surface area contributed by atoms with Crippen molar-refractivity contribution in [1.29, 1.82) is 0 Å². The number of rotatable bonds is 6. The van der Waals surface area contributed by atoms with Crippen LogP contribution in [-0.2, 0) is 30.5 Å². The van der Waals surface area contributed by atoms with Crippen molar-refractivity contribution in [1.82, 2.24) is 4.31 Å². The number of carbonyl (C=O) groups is 2. The summed E-state index contributed by atoms with van der Waals surface area (Å²) in [4.78, 5) is 24.0. The largest absolute Gasteiger partial charge is 0.455 e. The van der Waals surface area contributed by atoms with Crippen LogP contribution in [0, 0.1) is 19.8 Å². The van der Waals surface area contributed by atoms with Crippen LogP contribution in [0.2, 0.25) is 0 Å². The highest BCUT2D eigenvalue weighted by Gasteiger charge is 2.35. The van der Waals surface area contributed by atoms with Crippen LogP contribution < -0.4 is 5.32 Å². The molecule has 1 aliphatic rings. The van der Waals surface area contributed by atoms with Gasteiger partial charge < -0.3 is 10.1 Å². The van der Waals surface area contributed by atoms with Crippen molar-refractivity contribution in [3.63, 3.8) is 0 Å². The van der Waals surface area contributed by atoms with E-state index in [4.69, 9.17) is 4.74 Å². The van der Waals surface area contributed by atoms with Crippen molar-refractivity contribution in [2.24, 2.45) is 5.92 Å². The van der Waals surface area contributed by atoms with E-state index in [1.807, 2.05) is 19.9 Å². The highest BCUT2D eigenvalue weighted by Crippen LogP contribution is 2.32. The molecule has 11 heteroatoms. The average Bonchev–Trinajstić information content (AvgIpc) is 2.79. The van der Waals surface area contributed by atoms with Crippen LogP contribution in [0.5, 0.6) is 0 Å². The number of ether oxygens (including phenoxy) is 1. The Morgan fingerprint density at radius 1 is 1.06 bits per heavy atom. The normalized spacial score (nSPS) is 15.7. The first-order valence-electron chi connectivity index (χ1n) is 10.6. The lowest BCUT2D eigenvalue weighted by molar-refractivity contribution is -0.152. The predicted molar refractivity (Wildman–Crippen MR) is 118 cm³/mol. The summed E-state index contributed by atoms with van der Waals surface area (Å²) in [6.45, 7) is 3.28. The summed E-state index contributed by atoms with van der Waals surface area (Å²) in [7, 11) is -4.14. The van der Waals surface area contributed by atoms with Gasteiger partial charge in [-0.2, -0.15) is 17.5 Å². The van der Waals surface area contributed by atoms with Gasteiger partial charge in [0, 0.05) is 18.8 Å². The van der Waals surface area contributed by atoms with Gasteiger partial charge in [-0.15, -0.1) is 0 Å². The Balaban J connectivity index is 1.52. The number of anilines is 1. The molecule has 1 heterocycles. The number of amides is 1. The number of esters is 1. The van der Waals surface area contributed by atoms with Gasteiger partial charge in [0.2, 0.25) is 10.0 Å². The van der Waals surface area contributed by atoms with Crippen LogP contribution in [0.3, 0.4) is 0 Å². The molecular formula is C23H25F3N2O5S. The molecule has 1 fully saturated rings. The lowest BCUT2D eigenvalue weighted by atomic mass is 9.98. The number of carbonyl (C=O) groups excluding carboxylic acids is 2. The number of benzene rings is 2. The lowest BCUT2D eigenvalue weighted by Crippen LogP contribution is -2.41. The summed E-state index contributed by atoms with van der Waals surface area (Å²) in [6, 6.07) is 8.96. The maximum absolute atomic E-state index is 12.9. The van der Waals surface area contributed by atoms with Crippen molar-refractivity contribution in [2.75, 3.05) is 25.0 Å². The van der Waals surface area contributed by atoms with Crippen molar-refractivity contribution >= 4 is 27.6 Å². The number of alkyl halides is 3. The number of hydrogen-bond acceptors (Lipinski definition) is 5. The summed E-state index contributed by atoms with van der Waals surface area (Å²) >= 11 is 0. The maximum atomic E-state index is 12.9. The van der Waals surface area contributed by atoms with Gasteiger partial charge in [-0.05, 0) is 68.1 Å².